The molecule has 2 unspecified atom stereocenters. The Balaban J connectivity index is 1.67. The number of hydrogen-bond donors (Lipinski definition) is 1. The van der Waals surface area contributed by atoms with Crippen molar-refractivity contribution >= 4 is 11.8 Å². The van der Waals surface area contributed by atoms with E-state index < -0.39 is 10.8 Å². The van der Waals surface area contributed by atoms with Gasteiger partial charge in [0.25, 0.3) is 0 Å². The van der Waals surface area contributed by atoms with Gasteiger partial charge in [0, 0.05) is 11.3 Å². The van der Waals surface area contributed by atoms with Gasteiger partial charge in [-0.25, -0.2) is 0 Å². The lowest BCUT2D eigenvalue weighted by atomic mass is 9.34. The number of ether oxygens (including phenoxy) is 1. The lowest BCUT2D eigenvalue weighted by molar-refractivity contribution is -0.188. The third-order valence-electron chi connectivity index (χ3n) is 12.4. The molecule has 0 radical (unpaired) electrons. The first kappa shape index (κ1) is 25.6. The summed E-state index contributed by atoms with van der Waals surface area (Å²) in [7, 11) is 1.49. The predicted octanol–water partition coefficient (Wildman–Crippen LogP) is 6.70. The van der Waals surface area contributed by atoms with Crippen molar-refractivity contribution in [2.75, 3.05) is 7.11 Å². The molecular weight excluding hydrogens is 450 g/mol. The summed E-state index contributed by atoms with van der Waals surface area (Å²) >= 11 is 0. The van der Waals surface area contributed by atoms with Crippen LogP contribution in [0.5, 0.6) is 0 Å². The van der Waals surface area contributed by atoms with Crippen molar-refractivity contribution in [1.29, 1.82) is 5.26 Å². The highest BCUT2D eigenvalue weighted by atomic mass is 16.5. The van der Waals surface area contributed by atoms with Crippen LogP contribution in [-0.4, -0.2) is 24.0 Å². The molecule has 0 aromatic carbocycles. The summed E-state index contributed by atoms with van der Waals surface area (Å²) < 4.78 is 5.38. The largest absolute Gasteiger partial charge is 0.511 e. The average Bonchev–Trinajstić information content (AvgIpc) is 2.82. The quantitative estimate of drug-likeness (QED) is 0.411. The number of nitrogens with zero attached hydrogens (tertiary/aromatic N) is 1. The molecule has 0 spiro atoms. The zero-order valence-electron chi connectivity index (χ0n) is 23.2. The number of allylic oxidation sites excluding steroid dienone is 4. The maximum atomic E-state index is 14.3. The molecule has 1 N–H and O–H groups in total. The maximum absolute atomic E-state index is 14.3. The van der Waals surface area contributed by atoms with Gasteiger partial charge in [0.2, 0.25) is 0 Å². The molecule has 0 aliphatic heterocycles. The smallest absolute Gasteiger partial charge is 0.312 e. The van der Waals surface area contributed by atoms with Crippen LogP contribution in [0.15, 0.2) is 23.0 Å². The van der Waals surface area contributed by atoms with Crippen molar-refractivity contribution < 1.29 is 19.4 Å². The van der Waals surface area contributed by atoms with E-state index in [4.69, 9.17) is 4.74 Å². The van der Waals surface area contributed by atoms with Crippen LogP contribution in [0.4, 0.5) is 0 Å². The van der Waals surface area contributed by atoms with Gasteiger partial charge in [-0.3, -0.25) is 9.59 Å². The van der Waals surface area contributed by atoms with Crippen molar-refractivity contribution in [2.45, 2.75) is 92.9 Å². The van der Waals surface area contributed by atoms with E-state index in [1.807, 2.05) is 6.08 Å². The van der Waals surface area contributed by atoms with Crippen molar-refractivity contribution in [3.8, 4) is 6.07 Å². The Labute approximate surface area is 216 Å². The third kappa shape index (κ3) is 2.88. The highest BCUT2D eigenvalue weighted by Gasteiger charge is 2.70. The number of carbonyl (C=O) groups is 2. The Morgan fingerprint density at radius 3 is 2.44 bits per heavy atom. The van der Waals surface area contributed by atoms with Crippen LogP contribution in [0, 0.1) is 62.1 Å². The van der Waals surface area contributed by atoms with E-state index in [1.54, 1.807) is 0 Å². The molecular formula is C31H43NO4. The van der Waals surface area contributed by atoms with E-state index >= 15 is 0 Å². The molecule has 5 rings (SSSR count). The molecule has 5 aliphatic carbocycles. The van der Waals surface area contributed by atoms with Crippen LogP contribution >= 0.6 is 0 Å². The van der Waals surface area contributed by atoms with Crippen LogP contribution in [0.1, 0.15) is 92.9 Å². The fourth-order valence-electron chi connectivity index (χ4n) is 10.3. The van der Waals surface area contributed by atoms with Crippen molar-refractivity contribution in [1.82, 2.24) is 0 Å². The molecule has 0 saturated heterocycles. The molecule has 5 heteroatoms. The molecule has 36 heavy (non-hydrogen) atoms. The number of aliphatic hydroxyl groups is 1. The summed E-state index contributed by atoms with van der Waals surface area (Å²) in [5, 5.41) is 20.9. The molecule has 5 aliphatic rings. The molecule has 8 atom stereocenters. The fraction of sp³-hybridized carbons (Fsp3) is 0.774. The Bertz CT molecular complexity index is 1130. The minimum absolute atomic E-state index is 0.00140. The van der Waals surface area contributed by atoms with Gasteiger partial charge in [-0.2, -0.15) is 5.26 Å². The number of esters is 1. The van der Waals surface area contributed by atoms with E-state index in [-0.39, 0.29) is 51.5 Å². The predicted molar refractivity (Wildman–Crippen MR) is 137 cm³/mol. The van der Waals surface area contributed by atoms with Gasteiger partial charge >= 0.3 is 5.97 Å². The fourth-order valence-corrected chi connectivity index (χ4v) is 10.3. The summed E-state index contributed by atoms with van der Waals surface area (Å²) in [5.41, 5.74) is -0.277. The average molecular weight is 494 g/mol. The summed E-state index contributed by atoms with van der Waals surface area (Å²) in [6.45, 7) is 13.3. The lowest BCUT2D eigenvalue weighted by Gasteiger charge is -2.69. The van der Waals surface area contributed by atoms with Gasteiger partial charge in [-0.1, -0.05) is 47.1 Å². The highest BCUT2D eigenvalue weighted by molar-refractivity contribution is 5.96. The van der Waals surface area contributed by atoms with E-state index in [0.29, 0.717) is 17.9 Å². The Kier molecular flexibility index (Phi) is 5.48. The summed E-state index contributed by atoms with van der Waals surface area (Å²) in [6, 6.07) is 2.28. The molecule has 3 saturated carbocycles. The number of fused-ring (bicyclic) bond motifs is 7. The number of nitriles is 1. The second kappa shape index (κ2) is 7.71. The minimum atomic E-state index is -0.556. The second-order valence-electron chi connectivity index (χ2n) is 14.2. The Morgan fingerprint density at radius 2 is 1.81 bits per heavy atom. The maximum Gasteiger partial charge on any atom is 0.312 e. The topological polar surface area (TPSA) is 87.4 Å². The number of ketones is 1. The molecule has 0 aromatic rings. The monoisotopic (exact) mass is 493 g/mol. The van der Waals surface area contributed by atoms with Crippen LogP contribution in [-0.2, 0) is 14.3 Å². The molecule has 0 bridgehead atoms. The standard InChI is InChI=1S/C31H43NO4/c1-18-8-11-31(26(35)36-7)13-12-30(6)24(20(31)14-18)21(33)15-23-28(4)16-19(17-32)25(34)27(2,3)22(28)9-10-29(23,30)5/h15,18,20,22,24,34H,8-14,16H2,1-7H3/t18-,20?,22-,24?,28-,29+,30+,31-/m0/s1. The summed E-state index contributed by atoms with van der Waals surface area (Å²) in [5.74, 6) is 0.702. The van der Waals surface area contributed by atoms with Crippen molar-refractivity contribution in [3.05, 3.63) is 23.0 Å². The summed E-state index contributed by atoms with van der Waals surface area (Å²) in [4.78, 5) is 27.6. The normalized spacial score (nSPS) is 47.4. The van der Waals surface area contributed by atoms with Gasteiger partial charge in [-0.05, 0) is 91.4 Å². The van der Waals surface area contributed by atoms with Gasteiger partial charge in [0.15, 0.2) is 5.78 Å². The Hall–Kier alpha value is -2.09. The van der Waals surface area contributed by atoms with Gasteiger partial charge < -0.3 is 9.84 Å². The number of carbonyl (C=O) groups excluding carboxylic acids is 2. The molecule has 5 nitrogen and oxygen atoms in total. The first-order valence-electron chi connectivity index (χ1n) is 13.9. The van der Waals surface area contributed by atoms with E-state index in [1.165, 1.54) is 12.7 Å². The van der Waals surface area contributed by atoms with Gasteiger partial charge in [0.05, 0.1) is 24.2 Å². The zero-order valence-corrected chi connectivity index (χ0v) is 23.2. The van der Waals surface area contributed by atoms with Crippen LogP contribution in [0.25, 0.3) is 0 Å². The third-order valence-corrected chi connectivity index (χ3v) is 12.4. The number of rotatable bonds is 1. The highest BCUT2D eigenvalue weighted by Crippen LogP contribution is 2.75. The first-order valence-corrected chi connectivity index (χ1v) is 13.9. The molecule has 0 amide bonds. The first-order chi connectivity index (χ1) is 16.7. The number of aliphatic hydroxyl groups excluding tert-OH is 1. The number of hydrogen-bond acceptors (Lipinski definition) is 5. The molecule has 3 fully saturated rings. The van der Waals surface area contributed by atoms with E-state index in [9.17, 15) is 20.0 Å². The lowest BCUT2D eigenvalue weighted by Crippen LogP contribution is -2.65. The van der Waals surface area contributed by atoms with Crippen LogP contribution in [0.2, 0.25) is 0 Å². The summed E-state index contributed by atoms with van der Waals surface area (Å²) in [6.07, 6.45) is 8.62. The van der Waals surface area contributed by atoms with Crippen molar-refractivity contribution in [2.24, 2.45) is 50.7 Å². The molecule has 0 heterocycles. The molecule has 196 valence electrons. The van der Waals surface area contributed by atoms with E-state index in [2.05, 4.69) is 47.6 Å². The van der Waals surface area contributed by atoms with E-state index in [0.717, 1.165) is 44.9 Å². The Morgan fingerprint density at radius 1 is 1.11 bits per heavy atom. The molecule has 0 aromatic heterocycles. The van der Waals surface area contributed by atoms with Crippen molar-refractivity contribution in [3.63, 3.8) is 0 Å². The second-order valence-corrected chi connectivity index (χ2v) is 14.2. The minimum Gasteiger partial charge on any atom is -0.511 e. The zero-order chi connectivity index (χ0) is 26.5. The van der Waals surface area contributed by atoms with Crippen LogP contribution < -0.4 is 0 Å². The SMILES string of the molecule is COC(=O)[C@]12CC[C@H](C)CC1C1C(=O)C=C3[C@@]4(C)CC(C#N)=C(O)C(C)(C)[C@@H]4CC[C@@]3(C)[C@]1(C)CC2. The number of methoxy groups -OCH3 is 1. The van der Waals surface area contributed by atoms with Crippen LogP contribution in [0.3, 0.4) is 0 Å². The van der Waals surface area contributed by atoms with Gasteiger partial charge in [0.1, 0.15) is 5.76 Å². The van der Waals surface area contributed by atoms with Gasteiger partial charge in [-0.15, -0.1) is 0 Å².